The molecule has 0 fully saturated rings. The predicted molar refractivity (Wildman–Crippen MR) is 72.8 cm³/mol. The highest BCUT2D eigenvalue weighted by molar-refractivity contribution is 5.92. The van der Waals surface area contributed by atoms with E-state index in [2.05, 4.69) is 0 Å². The lowest BCUT2D eigenvalue weighted by molar-refractivity contribution is -0.123. The molecule has 4 heteroatoms. The maximum absolute atomic E-state index is 12.2. The molecule has 0 aliphatic carbocycles. The minimum atomic E-state index is -0.535. The van der Waals surface area contributed by atoms with Crippen LogP contribution in [0.4, 0.5) is 0 Å². The Morgan fingerprint density at radius 1 is 1.37 bits per heavy atom. The summed E-state index contributed by atoms with van der Waals surface area (Å²) in [4.78, 5) is 23.3. The van der Waals surface area contributed by atoms with E-state index >= 15 is 0 Å². The van der Waals surface area contributed by atoms with Crippen LogP contribution in [-0.2, 0) is 4.79 Å². The van der Waals surface area contributed by atoms with E-state index in [1.807, 2.05) is 13.8 Å². The Bertz CT molecular complexity index is 505. The second-order valence-electron chi connectivity index (χ2n) is 4.92. The van der Waals surface area contributed by atoms with E-state index in [0.717, 1.165) is 0 Å². The predicted octanol–water partition coefficient (Wildman–Crippen LogP) is 2.94. The number of aldehydes is 1. The number of carbonyl (C=O) groups excluding carboxylic acids is 2. The Kier molecular flexibility index (Phi) is 4.70. The maximum atomic E-state index is 12.2. The molecule has 19 heavy (non-hydrogen) atoms. The van der Waals surface area contributed by atoms with Gasteiger partial charge in [0.25, 0.3) is 0 Å². The van der Waals surface area contributed by atoms with Gasteiger partial charge in [0.1, 0.15) is 17.3 Å². The van der Waals surface area contributed by atoms with Crippen LogP contribution in [0.25, 0.3) is 0 Å². The number of rotatable bonds is 5. The molecule has 0 radical (unpaired) electrons. The van der Waals surface area contributed by atoms with Crippen molar-refractivity contribution in [2.75, 3.05) is 0 Å². The van der Waals surface area contributed by atoms with Crippen LogP contribution in [0.1, 0.15) is 54.6 Å². The van der Waals surface area contributed by atoms with Crippen LogP contribution in [-0.4, -0.2) is 22.3 Å². The van der Waals surface area contributed by atoms with Crippen molar-refractivity contribution >= 4 is 12.1 Å². The Balaban J connectivity index is 3.34. The van der Waals surface area contributed by atoms with Crippen molar-refractivity contribution in [2.24, 2.45) is 5.92 Å². The Labute approximate surface area is 113 Å². The van der Waals surface area contributed by atoms with Gasteiger partial charge in [-0.15, -0.1) is 0 Å². The van der Waals surface area contributed by atoms with Gasteiger partial charge in [-0.1, -0.05) is 20.8 Å². The molecule has 1 rings (SSSR count). The summed E-state index contributed by atoms with van der Waals surface area (Å²) in [7, 11) is 0. The summed E-state index contributed by atoms with van der Waals surface area (Å²) in [5, 5.41) is 19.6. The zero-order valence-corrected chi connectivity index (χ0v) is 11.7. The number of carbonyl (C=O) groups is 2. The number of phenols is 2. The molecule has 4 nitrogen and oxygen atoms in total. The van der Waals surface area contributed by atoms with Crippen LogP contribution in [0.5, 0.6) is 11.5 Å². The van der Waals surface area contributed by atoms with E-state index in [-0.39, 0.29) is 34.3 Å². The van der Waals surface area contributed by atoms with Gasteiger partial charge in [0, 0.05) is 17.4 Å². The average molecular weight is 264 g/mol. The third-order valence-electron chi connectivity index (χ3n) is 3.71. The van der Waals surface area contributed by atoms with E-state index in [4.69, 9.17) is 0 Å². The van der Waals surface area contributed by atoms with E-state index in [9.17, 15) is 19.8 Å². The minimum Gasteiger partial charge on any atom is -0.508 e. The topological polar surface area (TPSA) is 74.6 Å². The summed E-state index contributed by atoms with van der Waals surface area (Å²) in [6.07, 6.45) is 1.24. The lowest BCUT2D eigenvalue weighted by atomic mass is 9.85. The van der Waals surface area contributed by atoms with Crippen molar-refractivity contribution in [3.8, 4) is 11.5 Å². The molecule has 0 aliphatic heterocycles. The third-order valence-corrected chi connectivity index (χ3v) is 3.71. The number of ketones is 1. The van der Waals surface area contributed by atoms with Gasteiger partial charge in [0.15, 0.2) is 6.29 Å². The quantitative estimate of drug-likeness (QED) is 0.802. The molecular weight excluding hydrogens is 244 g/mol. The molecule has 0 saturated heterocycles. The number of phenolic OH excluding ortho intramolecular Hbond substituents is 2. The lowest BCUT2D eigenvalue weighted by Crippen LogP contribution is -2.18. The fourth-order valence-electron chi connectivity index (χ4n) is 2.06. The first-order valence-electron chi connectivity index (χ1n) is 6.39. The highest BCUT2D eigenvalue weighted by Gasteiger charge is 2.25. The zero-order chi connectivity index (χ0) is 14.7. The van der Waals surface area contributed by atoms with E-state index in [1.54, 1.807) is 6.92 Å². The molecule has 1 aromatic rings. The third kappa shape index (κ3) is 2.78. The fourth-order valence-corrected chi connectivity index (χ4v) is 2.06. The molecule has 0 unspecified atom stereocenters. The van der Waals surface area contributed by atoms with Gasteiger partial charge >= 0.3 is 0 Å². The minimum absolute atomic E-state index is 0.00625. The van der Waals surface area contributed by atoms with Crippen LogP contribution in [0.2, 0.25) is 0 Å². The van der Waals surface area contributed by atoms with Gasteiger partial charge < -0.3 is 10.2 Å². The second-order valence-corrected chi connectivity index (χ2v) is 4.92. The molecule has 1 aromatic carbocycles. The first-order valence-corrected chi connectivity index (χ1v) is 6.39. The van der Waals surface area contributed by atoms with Crippen molar-refractivity contribution in [1.82, 2.24) is 0 Å². The zero-order valence-electron chi connectivity index (χ0n) is 11.7. The number of Topliss-reactive ketones (excluding diaryl/α,β-unsaturated/α-hetero) is 1. The fraction of sp³-hybridized carbons (Fsp3) is 0.467. The summed E-state index contributed by atoms with van der Waals surface area (Å²) in [6, 6.07) is 1.39. The maximum Gasteiger partial charge on any atom is 0.154 e. The van der Waals surface area contributed by atoms with Crippen LogP contribution in [0.3, 0.4) is 0 Å². The van der Waals surface area contributed by atoms with Gasteiger partial charge in [-0.2, -0.15) is 0 Å². The smallest absolute Gasteiger partial charge is 0.154 e. The number of hydrogen-bond acceptors (Lipinski definition) is 4. The average Bonchev–Trinajstić information content (AvgIpc) is 2.41. The van der Waals surface area contributed by atoms with Gasteiger partial charge in [-0.3, -0.25) is 9.59 Å². The molecule has 2 atom stereocenters. The Morgan fingerprint density at radius 3 is 2.42 bits per heavy atom. The number of benzene rings is 1. The first-order chi connectivity index (χ1) is 8.84. The largest absolute Gasteiger partial charge is 0.508 e. The summed E-state index contributed by atoms with van der Waals surface area (Å²) >= 11 is 0. The molecule has 0 heterocycles. The van der Waals surface area contributed by atoms with Gasteiger partial charge in [-0.05, 0) is 25.0 Å². The summed E-state index contributed by atoms with van der Waals surface area (Å²) < 4.78 is 0. The summed E-state index contributed by atoms with van der Waals surface area (Å²) in [6.45, 7) is 6.95. The van der Waals surface area contributed by atoms with Crippen LogP contribution in [0.15, 0.2) is 6.07 Å². The first kappa shape index (κ1) is 15.2. The van der Waals surface area contributed by atoms with Crippen molar-refractivity contribution in [3.63, 3.8) is 0 Å². The van der Waals surface area contributed by atoms with E-state index < -0.39 is 5.92 Å². The molecular formula is C15H20O4. The van der Waals surface area contributed by atoms with Crippen molar-refractivity contribution in [3.05, 3.63) is 22.8 Å². The van der Waals surface area contributed by atoms with Crippen molar-refractivity contribution in [2.45, 2.75) is 40.0 Å². The molecule has 0 amide bonds. The number of hydrogen-bond donors (Lipinski definition) is 2. The highest BCUT2D eigenvalue weighted by atomic mass is 16.3. The molecule has 0 spiro atoms. The standard InChI is InChI=1S/C15H20O4/c1-5-8(2)14(18)9(3)11-6-13(17)10(4)15(19)12(11)7-16/h6-9,17,19H,5H2,1-4H3/t8-,9-/m0/s1. The summed E-state index contributed by atoms with van der Waals surface area (Å²) in [5.74, 6) is -1.03. The molecule has 104 valence electrons. The Morgan fingerprint density at radius 2 is 1.95 bits per heavy atom. The molecule has 0 aromatic heterocycles. The van der Waals surface area contributed by atoms with Crippen LogP contribution in [0, 0.1) is 12.8 Å². The van der Waals surface area contributed by atoms with Crippen molar-refractivity contribution in [1.29, 1.82) is 0 Å². The van der Waals surface area contributed by atoms with Crippen molar-refractivity contribution < 1.29 is 19.8 Å². The van der Waals surface area contributed by atoms with Crippen LogP contribution >= 0.6 is 0 Å². The second kappa shape index (κ2) is 5.87. The monoisotopic (exact) mass is 264 g/mol. The van der Waals surface area contributed by atoms with Gasteiger partial charge in [0.05, 0.1) is 5.56 Å². The SMILES string of the molecule is CC[C@H](C)C(=O)[C@@H](C)c1cc(O)c(C)c(O)c1C=O. The summed E-state index contributed by atoms with van der Waals surface area (Å²) in [5.41, 5.74) is 0.703. The van der Waals surface area contributed by atoms with Gasteiger partial charge in [0.2, 0.25) is 0 Å². The lowest BCUT2D eigenvalue weighted by Gasteiger charge is -2.18. The molecule has 2 N–H and O–H groups in total. The highest BCUT2D eigenvalue weighted by Crippen LogP contribution is 2.36. The normalized spacial score (nSPS) is 13.9. The van der Waals surface area contributed by atoms with E-state index in [0.29, 0.717) is 18.3 Å². The van der Waals surface area contributed by atoms with Gasteiger partial charge in [-0.25, -0.2) is 0 Å². The van der Waals surface area contributed by atoms with Crippen LogP contribution < -0.4 is 0 Å². The number of aromatic hydroxyl groups is 2. The molecule has 0 saturated carbocycles. The molecule has 0 bridgehead atoms. The molecule has 0 aliphatic rings. The van der Waals surface area contributed by atoms with E-state index in [1.165, 1.54) is 13.0 Å². The Hall–Kier alpha value is -1.84.